The fourth-order valence-electron chi connectivity index (χ4n) is 0. The molecule has 0 rings (SSSR count). The second-order valence-corrected chi connectivity index (χ2v) is 0. The molecule has 0 aromatic rings. The summed E-state index contributed by atoms with van der Waals surface area (Å²) in [4.78, 5) is 0. The van der Waals surface area contributed by atoms with E-state index in [9.17, 15) is 0 Å². The van der Waals surface area contributed by atoms with Crippen molar-refractivity contribution in [3.63, 3.8) is 0 Å². The van der Waals surface area contributed by atoms with Crippen LogP contribution in [0.1, 0.15) is 0 Å². The molecular formula is HCaFMgSi. The van der Waals surface area contributed by atoms with Crippen LogP contribution in [0.3, 0.4) is 0 Å². The van der Waals surface area contributed by atoms with Crippen molar-refractivity contribution in [3.8, 4) is 0 Å². The van der Waals surface area contributed by atoms with E-state index in [1.165, 1.54) is 0 Å². The molecule has 0 bridgehead atoms. The Kier molecular flexibility index (Phi) is 167. The van der Waals surface area contributed by atoms with Crippen molar-refractivity contribution in [1.82, 2.24) is 0 Å². The minimum absolute atomic E-state index is 0. The molecule has 0 unspecified atom stereocenters. The van der Waals surface area contributed by atoms with E-state index in [-0.39, 0.29) is 76.5 Å². The average molecular weight is 112 g/mol. The van der Waals surface area contributed by atoms with Crippen molar-refractivity contribution in [2.24, 2.45) is 0 Å². The van der Waals surface area contributed by atoms with Crippen LogP contribution < -0.4 is 0 Å². The maximum Gasteiger partial charge on any atom is 0 e. The molecule has 0 nitrogen and oxygen atoms in total. The van der Waals surface area contributed by atoms with Crippen LogP contribution in [0, 0.1) is 0 Å². The third kappa shape index (κ3) is 8.90. The van der Waals surface area contributed by atoms with Gasteiger partial charge in [0.15, 0.2) is 0 Å². The van der Waals surface area contributed by atoms with Crippen molar-refractivity contribution in [3.05, 3.63) is 0 Å². The standard InChI is InChI=1S/Ca.FH.Mg.Si/h;1H;;. The van der Waals surface area contributed by atoms with E-state index in [0.29, 0.717) is 0 Å². The topological polar surface area (TPSA) is 0 Å². The van der Waals surface area contributed by atoms with Crippen LogP contribution in [-0.4, -0.2) is 71.8 Å². The maximum atomic E-state index is 0. The molecule has 0 aromatic carbocycles. The van der Waals surface area contributed by atoms with Gasteiger partial charge >= 0.3 is 0 Å². The van der Waals surface area contributed by atoms with Crippen LogP contribution in [0.5, 0.6) is 0 Å². The van der Waals surface area contributed by atoms with Crippen LogP contribution >= 0.6 is 0 Å². The zero-order chi connectivity index (χ0) is 0. The Labute approximate surface area is 75.3 Å². The van der Waals surface area contributed by atoms with Crippen LogP contribution in [0.25, 0.3) is 0 Å². The first-order valence-corrected chi connectivity index (χ1v) is 0. The molecule has 0 amide bonds. The molecule has 0 aromatic heterocycles. The summed E-state index contributed by atoms with van der Waals surface area (Å²) in [7, 11) is 0. The Bertz CT molecular complexity index is 8.00. The molecule has 0 fully saturated rings. The molecule has 8 radical (unpaired) electrons. The summed E-state index contributed by atoms with van der Waals surface area (Å²) in [5, 5.41) is 0. The molecule has 4 heteroatoms. The van der Waals surface area contributed by atoms with Gasteiger partial charge in [0.2, 0.25) is 0 Å². The SMILES string of the molecule is F.[Ca].[Mg].[Si]. The molecule has 0 N–H and O–H groups in total. The van der Waals surface area contributed by atoms with Crippen molar-refractivity contribution in [1.29, 1.82) is 0 Å². The quantitative estimate of drug-likeness (QED) is 0.353. The Morgan fingerprint density at radius 2 is 1.00 bits per heavy atom. The van der Waals surface area contributed by atoms with E-state index in [4.69, 9.17) is 0 Å². The van der Waals surface area contributed by atoms with E-state index < -0.39 is 0 Å². The second-order valence-electron chi connectivity index (χ2n) is 0. The van der Waals surface area contributed by atoms with Gasteiger partial charge in [0.05, 0.1) is 0 Å². The second kappa shape index (κ2) is 19.1. The van der Waals surface area contributed by atoms with Crippen molar-refractivity contribution in [2.45, 2.75) is 0 Å². The zero-order valence-corrected chi connectivity index (χ0v) is 6.95. The Hall–Kier alpha value is 2.17. The fourth-order valence-corrected chi connectivity index (χ4v) is 0. The van der Waals surface area contributed by atoms with Gasteiger partial charge in [-0.05, 0) is 0 Å². The van der Waals surface area contributed by atoms with E-state index in [0.717, 1.165) is 0 Å². The van der Waals surface area contributed by atoms with Gasteiger partial charge in [0.25, 0.3) is 0 Å². The summed E-state index contributed by atoms with van der Waals surface area (Å²) >= 11 is 0. The van der Waals surface area contributed by atoms with E-state index in [2.05, 4.69) is 0 Å². The third-order valence-electron chi connectivity index (χ3n) is 0. The Balaban J connectivity index is 0. The Morgan fingerprint density at radius 3 is 1.00 bits per heavy atom. The first-order chi connectivity index (χ1) is 0. The van der Waals surface area contributed by atoms with Gasteiger partial charge in [-0.3, -0.25) is 4.70 Å². The smallest absolute Gasteiger partial charge is 0 e. The normalized spacial score (nSPS) is 0. The minimum atomic E-state index is 0. The Morgan fingerprint density at radius 1 is 1.00 bits per heavy atom. The molecular weight excluding hydrogens is 111 g/mol. The van der Waals surface area contributed by atoms with Gasteiger partial charge in [-0.1, -0.05) is 0 Å². The number of hydrogen-bond acceptors (Lipinski definition) is 0. The monoisotopic (exact) mass is 112 g/mol. The van der Waals surface area contributed by atoms with Crippen molar-refractivity contribution >= 4 is 71.8 Å². The van der Waals surface area contributed by atoms with Gasteiger partial charge < -0.3 is 0 Å². The maximum absolute atomic E-state index is 0. The molecule has 0 atom stereocenters. The first kappa shape index (κ1) is 35.0. The summed E-state index contributed by atoms with van der Waals surface area (Å²) in [6.45, 7) is 0. The number of halogens is 1. The predicted molar refractivity (Wildman–Crippen MR) is 19.8 cm³/mol. The van der Waals surface area contributed by atoms with Crippen LogP contribution in [0.4, 0.5) is 4.70 Å². The van der Waals surface area contributed by atoms with Crippen molar-refractivity contribution < 1.29 is 4.70 Å². The average Bonchev–Trinajstić information content (AvgIpc) is 0. The fraction of sp³-hybridized carbons (Fsp3) is 0. The van der Waals surface area contributed by atoms with E-state index in [1.807, 2.05) is 0 Å². The molecule has 0 aliphatic carbocycles. The molecule has 0 heterocycles. The molecule has 0 saturated carbocycles. The molecule has 0 aliphatic rings. The largest absolute Gasteiger partial charge is 0.269 e. The van der Waals surface area contributed by atoms with Crippen molar-refractivity contribution in [2.75, 3.05) is 0 Å². The molecule has 0 spiro atoms. The van der Waals surface area contributed by atoms with E-state index in [1.54, 1.807) is 0 Å². The minimum Gasteiger partial charge on any atom is -0.269 e. The van der Waals surface area contributed by atoms with Crippen LogP contribution in [0.2, 0.25) is 0 Å². The van der Waals surface area contributed by atoms with E-state index >= 15 is 0 Å². The molecule has 16 valence electrons. The molecule has 0 aliphatic heterocycles. The van der Waals surface area contributed by atoms with Gasteiger partial charge in [-0.2, -0.15) is 0 Å². The van der Waals surface area contributed by atoms with Crippen LogP contribution in [0.15, 0.2) is 0 Å². The summed E-state index contributed by atoms with van der Waals surface area (Å²) in [6.07, 6.45) is 0. The first-order valence-electron chi connectivity index (χ1n) is 0. The van der Waals surface area contributed by atoms with Gasteiger partial charge in [0, 0.05) is 71.8 Å². The summed E-state index contributed by atoms with van der Waals surface area (Å²) in [6, 6.07) is 0. The zero-order valence-electron chi connectivity index (χ0n) is 2.32. The number of hydrogen-bond donors (Lipinski definition) is 0. The van der Waals surface area contributed by atoms with Crippen LogP contribution in [-0.2, 0) is 0 Å². The molecule has 0 saturated heterocycles. The molecule has 4 heavy (non-hydrogen) atoms. The van der Waals surface area contributed by atoms with Gasteiger partial charge in [-0.25, -0.2) is 0 Å². The number of rotatable bonds is 0. The predicted octanol–water partition coefficient (Wildman–Crippen LogP) is -0.990. The summed E-state index contributed by atoms with van der Waals surface area (Å²) < 4.78 is 0. The third-order valence-corrected chi connectivity index (χ3v) is 0. The van der Waals surface area contributed by atoms with Gasteiger partial charge in [0.1, 0.15) is 0 Å². The van der Waals surface area contributed by atoms with Gasteiger partial charge in [-0.15, -0.1) is 0 Å². The summed E-state index contributed by atoms with van der Waals surface area (Å²) in [5.41, 5.74) is 0. The summed E-state index contributed by atoms with van der Waals surface area (Å²) in [5.74, 6) is 0.